The van der Waals surface area contributed by atoms with E-state index in [0.717, 1.165) is 13.0 Å². The molecule has 7 heteroatoms. The number of ketones is 1. The smallest absolute Gasteiger partial charge is 0.220 e. The molecule has 0 bridgehead atoms. The maximum absolute atomic E-state index is 11.8. The van der Waals surface area contributed by atoms with E-state index in [4.69, 9.17) is 4.74 Å². The van der Waals surface area contributed by atoms with Gasteiger partial charge in [0, 0.05) is 25.4 Å². The van der Waals surface area contributed by atoms with Crippen molar-refractivity contribution in [3.8, 4) is 0 Å². The first kappa shape index (κ1) is 22.3. The number of nitrogens with zero attached hydrogens (tertiary/aromatic N) is 3. The molecule has 0 atom stereocenters. The van der Waals surface area contributed by atoms with Crippen LogP contribution in [0.1, 0.15) is 66.5 Å². The zero-order chi connectivity index (χ0) is 19.7. The zero-order valence-electron chi connectivity index (χ0n) is 17.0. The highest BCUT2D eigenvalue weighted by atomic mass is 16.5. The van der Waals surface area contributed by atoms with E-state index in [9.17, 15) is 9.59 Å². The molecule has 0 aliphatic rings. The van der Waals surface area contributed by atoms with Crippen molar-refractivity contribution in [1.29, 1.82) is 0 Å². The second kappa shape index (κ2) is 10.4. The van der Waals surface area contributed by atoms with Crippen LogP contribution in [-0.4, -0.2) is 38.9 Å². The summed E-state index contributed by atoms with van der Waals surface area (Å²) in [4.78, 5) is 23.4. The van der Waals surface area contributed by atoms with Crippen LogP contribution in [0.2, 0.25) is 0 Å². The second-order valence-corrected chi connectivity index (χ2v) is 8.10. The molecular formula is C19H34N4O3. The van der Waals surface area contributed by atoms with Crippen molar-refractivity contribution in [3.05, 3.63) is 11.9 Å². The van der Waals surface area contributed by atoms with Gasteiger partial charge in [-0.05, 0) is 26.2 Å². The summed E-state index contributed by atoms with van der Waals surface area (Å²) in [7, 11) is 0. The van der Waals surface area contributed by atoms with Crippen LogP contribution >= 0.6 is 0 Å². The van der Waals surface area contributed by atoms with E-state index in [1.165, 1.54) is 0 Å². The molecule has 26 heavy (non-hydrogen) atoms. The fraction of sp³-hybridized carbons (Fsp3) is 0.789. The van der Waals surface area contributed by atoms with Gasteiger partial charge in [-0.15, -0.1) is 5.10 Å². The lowest BCUT2D eigenvalue weighted by Crippen LogP contribution is -2.31. The van der Waals surface area contributed by atoms with E-state index in [-0.39, 0.29) is 36.1 Å². The largest absolute Gasteiger partial charge is 0.374 e. The fourth-order valence-corrected chi connectivity index (χ4v) is 2.31. The summed E-state index contributed by atoms with van der Waals surface area (Å²) in [6.07, 6.45) is 3.32. The standard InChI is InChI=1S/C19H34N4O3/c1-14(2)9-10-26-19(5,6)13-23-12-16(21-22-23)11-20-18(25)8-7-17(24)15(3)4/h12,14-15H,7-11,13H2,1-6H3,(H,20,25). The van der Waals surface area contributed by atoms with Gasteiger partial charge >= 0.3 is 0 Å². The molecule has 148 valence electrons. The molecule has 0 saturated heterocycles. The van der Waals surface area contributed by atoms with Crippen molar-refractivity contribution in [3.63, 3.8) is 0 Å². The van der Waals surface area contributed by atoms with E-state index in [1.54, 1.807) is 4.68 Å². The Morgan fingerprint density at radius 2 is 1.92 bits per heavy atom. The van der Waals surface area contributed by atoms with Crippen molar-refractivity contribution in [1.82, 2.24) is 20.3 Å². The molecule has 0 unspecified atom stereocenters. The summed E-state index contributed by atoms with van der Waals surface area (Å²) in [5.74, 6) is 0.536. The molecule has 1 heterocycles. The molecule has 0 spiro atoms. The molecule has 1 amide bonds. The number of hydrogen-bond donors (Lipinski definition) is 1. The topological polar surface area (TPSA) is 86.1 Å². The molecule has 1 aromatic heterocycles. The normalized spacial score (nSPS) is 12.0. The third-order valence-electron chi connectivity index (χ3n) is 4.03. The highest BCUT2D eigenvalue weighted by Crippen LogP contribution is 2.14. The van der Waals surface area contributed by atoms with Crippen LogP contribution in [0, 0.1) is 11.8 Å². The highest BCUT2D eigenvalue weighted by molar-refractivity contribution is 5.85. The van der Waals surface area contributed by atoms with Crippen LogP contribution < -0.4 is 5.32 Å². The molecule has 0 radical (unpaired) electrons. The molecule has 0 fully saturated rings. The lowest BCUT2D eigenvalue weighted by Gasteiger charge is -2.25. The summed E-state index contributed by atoms with van der Waals surface area (Å²) in [6, 6.07) is 0. The number of carbonyl (C=O) groups is 2. The highest BCUT2D eigenvalue weighted by Gasteiger charge is 2.20. The first-order valence-corrected chi connectivity index (χ1v) is 9.41. The van der Waals surface area contributed by atoms with Crippen molar-refractivity contribution in [2.45, 2.75) is 79.5 Å². The van der Waals surface area contributed by atoms with E-state index >= 15 is 0 Å². The summed E-state index contributed by atoms with van der Waals surface area (Å²) in [5.41, 5.74) is 0.354. The van der Waals surface area contributed by atoms with Crippen LogP contribution in [-0.2, 0) is 27.4 Å². The molecule has 1 aromatic rings. The number of aromatic nitrogens is 3. The van der Waals surface area contributed by atoms with Crippen molar-refractivity contribution >= 4 is 11.7 Å². The summed E-state index contributed by atoms with van der Waals surface area (Å²) < 4.78 is 7.67. The summed E-state index contributed by atoms with van der Waals surface area (Å²) in [6.45, 7) is 13.7. The van der Waals surface area contributed by atoms with Gasteiger partial charge in [-0.1, -0.05) is 32.9 Å². The minimum atomic E-state index is -0.333. The lowest BCUT2D eigenvalue weighted by atomic mass is 10.0. The Labute approximate surface area is 156 Å². The first-order valence-electron chi connectivity index (χ1n) is 9.41. The number of rotatable bonds is 12. The minimum absolute atomic E-state index is 0.0335. The van der Waals surface area contributed by atoms with Gasteiger partial charge in [0.05, 0.1) is 24.9 Å². The quantitative estimate of drug-likeness (QED) is 0.615. The minimum Gasteiger partial charge on any atom is -0.374 e. The average Bonchev–Trinajstić information content (AvgIpc) is 2.96. The van der Waals surface area contributed by atoms with Crippen LogP contribution in [0.3, 0.4) is 0 Å². The molecule has 1 rings (SSSR count). The Bertz CT molecular complexity index is 579. The van der Waals surface area contributed by atoms with Gasteiger partial charge in [-0.25, -0.2) is 4.68 Å². The number of ether oxygens (including phenoxy) is 1. The molecule has 0 saturated carbocycles. The van der Waals surface area contributed by atoms with Gasteiger partial charge in [0.2, 0.25) is 5.91 Å². The van der Waals surface area contributed by atoms with Crippen LogP contribution in [0.25, 0.3) is 0 Å². The maximum Gasteiger partial charge on any atom is 0.220 e. The monoisotopic (exact) mass is 366 g/mol. The van der Waals surface area contributed by atoms with Gasteiger partial charge < -0.3 is 10.1 Å². The van der Waals surface area contributed by atoms with E-state index in [2.05, 4.69) is 29.5 Å². The Hall–Kier alpha value is -1.76. The van der Waals surface area contributed by atoms with E-state index < -0.39 is 0 Å². The SMILES string of the molecule is CC(C)CCOC(C)(C)Cn1cc(CNC(=O)CCC(=O)C(C)C)nn1. The van der Waals surface area contributed by atoms with Crippen LogP contribution in [0.15, 0.2) is 6.20 Å². The third-order valence-corrected chi connectivity index (χ3v) is 4.03. The van der Waals surface area contributed by atoms with Gasteiger partial charge in [-0.2, -0.15) is 0 Å². The maximum atomic E-state index is 11.8. The van der Waals surface area contributed by atoms with E-state index in [1.807, 2.05) is 33.9 Å². The van der Waals surface area contributed by atoms with Gasteiger partial charge in [0.25, 0.3) is 0 Å². The van der Waals surface area contributed by atoms with Crippen molar-refractivity contribution in [2.24, 2.45) is 11.8 Å². The first-order chi connectivity index (χ1) is 12.1. The second-order valence-electron chi connectivity index (χ2n) is 8.10. The number of hydrogen-bond acceptors (Lipinski definition) is 5. The Morgan fingerprint density at radius 3 is 2.54 bits per heavy atom. The fourth-order valence-electron chi connectivity index (χ4n) is 2.31. The van der Waals surface area contributed by atoms with Gasteiger partial charge in [0.1, 0.15) is 11.5 Å². The Balaban J connectivity index is 2.38. The third kappa shape index (κ3) is 9.08. The van der Waals surface area contributed by atoms with Gasteiger partial charge in [-0.3, -0.25) is 9.59 Å². The molecule has 0 aromatic carbocycles. The lowest BCUT2D eigenvalue weighted by molar-refractivity contribution is -0.126. The molecule has 7 nitrogen and oxygen atoms in total. The van der Waals surface area contributed by atoms with Crippen LogP contribution in [0.5, 0.6) is 0 Å². The predicted octanol–water partition coefficient (Wildman–Crippen LogP) is 2.74. The van der Waals surface area contributed by atoms with E-state index in [0.29, 0.717) is 24.7 Å². The molecular weight excluding hydrogens is 332 g/mol. The van der Waals surface area contributed by atoms with Crippen molar-refractivity contribution < 1.29 is 14.3 Å². The number of nitrogens with one attached hydrogen (secondary N) is 1. The van der Waals surface area contributed by atoms with Crippen molar-refractivity contribution in [2.75, 3.05) is 6.61 Å². The molecule has 0 aliphatic carbocycles. The Morgan fingerprint density at radius 1 is 1.23 bits per heavy atom. The number of carbonyl (C=O) groups excluding carboxylic acids is 2. The van der Waals surface area contributed by atoms with Gasteiger partial charge in [0.15, 0.2) is 0 Å². The Kier molecular flexibility index (Phi) is 8.92. The molecule has 1 N–H and O–H groups in total. The zero-order valence-corrected chi connectivity index (χ0v) is 17.0. The predicted molar refractivity (Wildman–Crippen MR) is 100 cm³/mol. The molecule has 0 aliphatic heterocycles. The van der Waals surface area contributed by atoms with Crippen LogP contribution in [0.4, 0.5) is 0 Å². The summed E-state index contributed by atoms with van der Waals surface area (Å²) in [5, 5.41) is 11.0. The number of amides is 1. The summed E-state index contributed by atoms with van der Waals surface area (Å²) >= 11 is 0. The average molecular weight is 367 g/mol. The number of Topliss-reactive ketones (excluding diaryl/α,β-unsaturated/α-hetero) is 1.